The number of aromatic nitrogens is 1. The van der Waals surface area contributed by atoms with Crippen LogP contribution >= 0.6 is 11.3 Å². The molecular formula is C23H20F3N3O4S2. The van der Waals surface area contributed by atoms with E-state index in [0.29, 0.717) is 29.7 Å². The lowest BCUT2D eigenvalue weighted by Crippen LogP contribution is -2.42. The molecule has 2 saturated heterocycles. The molecule has 7 nitrogen and oxygen atoms in total. The summed E-state index contributed by atoms with van der Waals surface area (Å²) in [7, 11) is -3.88. The predicted molar refractivity (Wildman–Crippen MR) is 125 cm³/mol. The SMILES string of the molecule is O=C(c1ccc(NS(=O)(=O)c2cccc3scnc23)cc1)N1CCC2(/C=C/CC(F)(F)F)OC2C1. The molecule has 0 radical (unpaired) electrons. The molecule has 3 heterocycles. The molecule has 0 saturated carbocycles. The Balaban J connectivity index is 1.22. The maximum Gasteiger partial charge on any atom is 0.392 e. The van der Waals surface area contributed by atoms with Gasteiger partial charge in [0.1, 0.15) is 22.1 Å². The number of rotatable bonds is 6. The average Bonchev–Trinajstić information content (AvgIpc) is 3.30. The second-order valence-electron chi connectivity index (χ2n) is 8.42. The minimum absolute atomic E-state index is 0.0712. The maximum absolute atomic E-state index is 12.9. The number of fused-ring (bicyclic) bond motifs is 2. The molecule has 3 aromatic rings. The first-order chi connectivity index (χ1) is 16.6. The first-order valence-electron chi connectivity index (χ1n) is 10.7. The van der Waals surface area contributed by atoms with Crippen LogP contribution < -0.4 is 4.72 Å². The summed E-state index contributed by atoms with van der Waals surface area (Å²) in [6.45, 7) is 0.624. The van der Waals surface area contributed by atoms with Gasteiger partial charge < -0.3 is 9.64 Å². The van der Waals surface area contributed by atoms with E-state index < -0.39 is 28.2 Å². The lowest BCUT2D eigenvalue weighted by atomic mass is 9.95. The van der Waals surface area contributed by atoms with E-state index in [-0.39, 0.29) is 23.5 Å². The van der Waals surface area contributed by atoms with Crippen molar-refractivity contribution in [2.45, 2.75) is 35.6 Å². The van der Waals surface area contributed by atoms with Crippen LogP contribution in [0.1, 0.15) is 23.2 Å². The molecule has 1 aromatic heterocycles. The van der Waals surface area contributed by atoms with Crippen LogP contribution in [-0.2, 0) is 14.8 Å². The third-order valence-electron chi connectivity index (χ3n) is 6.04. The van der Waals surface area contributed by atoms with Gasteiger partial charge in [-0.3, -0.25) is 9.52 Å². The number of carbonyl (C=O) groups excluding carboxylic acids is 1. The van der Waals surface area contributed by atoms with Gasteiger partial charge in [0.15, 0.2) is 0 Å². The number of piperidine rings is 1. The molecule has 35 heavy (non-hydrogen) atoms. The normalized spacial score (nSPS) is 22.4. The van der Waals surface area contributed by atoms with Crippen molar-refractivity contribution in [2.75, 3.05) is 17.8 Å². The van der Waals surface area contributed by atoms with Gasteiger partial charge in [0.25, 0.3) is 15.9 Å². The van der Waals surface area contributed by atoms with Gasteiger partial charge >= 0.3 is 6.18 Å². The van der Waals surface area contributed by atoms with Crippen molar-refractivity contribution < 1.29 is 31.1 Å². The van der Waals surface area contributed by atoms with Crippen molar-refractivity contribution in [1.82, 2.24) is 9.88 Å². The second kappa shape index (κ2) is 8.61. The number of anilines is 1. The summed E-state index contributed by atoms with van der Waals surface area (Å²) in [6.07, 6.45) is -2.65. The smallest absolute Gasteiger partial charge is 0.360 e. The highest BCUT2D eigenvalue weighted by Crippen LogP contribution is 2.45. The Morgan fingerprint density at radius 2 is 2.03 bits per heavy atom. The van der Waals surface area contributed by atoms with Gasteiger partial charge in [-0.25, -0.2) is 13.4 Å². The van der Waals surface area contributed by atoms with Crippen LogP contribution in [0.25, 0.3) is 10.2 Å². The minimum Gasteiger partial charge on any atom is -0.360 e. The molecule has 1 amide bonds. The molecular weight excluding hydrogens is 503 g/mol. The topological polar surface area (TPSA) is 91.9 Å². The van der Waals surface area contributed by atoms with E-state index in [4.69, 9.17) is 4.74 Å². The highest BCUT2D eigenvalue weighted by Gasteiger charge is 2.57. The molecule has 0 spiro atoms. The van der Waals surface area contributed by atoms with E-state index in [1.807, 2.05) is 0 Å². The minimum atomic E-state index is -4.26. The van der Waals surface area contributed by atoms with Gasteiger partial charge in [-0.1, -0.05) is 18.2 Å². The molecule has 1 N–H and O–H groups in total. The summed E-state index contributed by atoms with van der Waals surface area (Å²) >= 11 is 1.35. The number of likely N-dealkylation sites (tertiary alicyclic amines) is 1. The first-order valence-corrected chi connectivity index (χ1v) is 13.1. The van der Waals surface area contributed by atoms with Gasteiger partial charge in [0, 0.05) is 24.2 Å². The number of hydrogen-bond acceptors (Lipinski definition) is 6. The average molecular weight is 524 g/mol. The molecule has 0 aliphatic carbocycles. The van der Waals surface area contributed by atoms with Gasteiger partial charge in [0.2, 0.25) is 0 Å². The van der Waals surface area contributed by atoms with E-state index in [1.54, 1.807) is 22.5 Å². The Hall–Kier alpha value is -2.96. The van der Waals surface area contributed by atoms with E-state index >= 15 is 0 Å². The zero-order valence-electron chi connectivity index (χ0n) is 18.2. The van der Waals surface area contributed by atoms with Crippen LogP contribution in [-0.4, -0.2) is 55.2 Å². The van der Waals surface area contributed by atoms with Crippen molar-refractivity contribution in [2.24, 2.45) is 0 Å². The number of alkyl halides is 3. The number of para-hydroxylation sites is 1. The summed E-state index contributed by atoms with van der Waals surface area (Å²) < 4.78 is 71.8. The van der Waals surface area contributed by atoms with E-state index in [2.05, 4.69) is 9.71 Å². The van der Waals surface area contributed by atoms with Crippen LogP contribution in [0.15, 0.2) is 65.0 Å². The number of sulfonamides is 1. The van der Waals surface area contributed by atoms with Gasteiger partial charge in [-0.2, -0.15) is 13.2 Å². The zero-order chi connectivity index (χ0) is 24.8. The van der Waals surface area contributed by atoms with Crippen LogP contribution in [0.5, 0.6) is 0 Å². The van der Waals surface area contributed by atoms with Crippen molar-refractivity contribution in [1.29, 1.82) is 0 Å². The Morgan fingerprint density at radius 3 is 2.74 bits per heavy atom. The largest absolute Gasteiger partial charge is 0.392 e. The second-order valence-corrected chi connectivity index (χ2v) is 11.0. The standard InChI is InChI=1S/C23H20F3N3O4S2/c24-23(25,26)10-2-9-22-11-12-29(13-19(22)33-22)21(30)15-5-7-16(8-6-15)28-35(31,32)18-4-1-3-17-20(18)27-14-34-17/h1-9,14,19,28H,10-13H2/b9-2+. The van der Waals surface area contributed by atoms with Crippen LogP contribution in [0.4, 0.5) is 18.9 Å². The molecule has 5 rings (SSSR count). The summed E-state index contributed by atoms with van der Waals surface area (Å²) in [5.74, 6) is -0.255. The first kappa shape index (κ1) is 23.8. The number of benzene rings is 2. The molecule has 2 aliphatic rings. The highest BCUT2D eigenvalue weighted by atomic mass is 32.2. The molecule has 184 valence electrons. The molecule has 2 atom stereocenters. The zero-order valence-corrected chi connectivity index (χ0v) is 19.8. The molecule has 2 aliphatic heterocycles. The number of thiazole rings is 1. The molecule has 2 fully saturated rings. The summed E-state index contributed by atoms with van der Waals surface area (Å²) in [6, 6.07) is 11.0. The number of hydrogen-bond donors (Lipinski definition) is 1. The van der Waals surface area contributed by atoms with Crippen LogP contribution in [0, 0.1) is 0 Å². The van der Waals surface area contributed by atoms with E-state index in [0.717, 1.165) is 10.8 Å². The monoisotopic (exact) mass is 523 g/mol. The third kappa shape index (κ3) is 4.91. The van der Waals surface area contributed by atoms with E-state index in [1.165, 1.54) is 47.7 Å². The Bertz CT molecular complexity index is 1400. The molecule has 0 bridgehead atoms. The van der Waals surface area contributed by atoms with Crippen molar-refractivity contribution in [3.05, 3.63) is 65.7 Å². The summed E-state index contributed by atoms with van der Waals surface area (Å²) in [4.78, 5) is 18.7. The third-order valence-corrected chi connectivity index (χ3v) is 8.25. The highest BCUT2D eigenvalue weighted by molar-refractivity contribution is 7.93. The molecule has 12 heteroatoms. The van der Waals surface area contributed by atoms with Crippen LogP contribution in [0.2, 0.25) is 0 Å². The lowest BCUT2D eigenvalue weighted by Gasteiger charge is -2.27. The number of halogens is 3. The van der Waals surface area contributed by atoms with Crippen LogP contribution in [0.3, 0.4) is 0 Å². The van der Waals surface area contributed by atoms with Gasteiger partial charge in [-0.05, 0) is 36.4 Å². The quantitative estimate of drug-likeness (QED) is 0.377. The van der Waals surface area contributed by atoms with Crippen molar-refractivity contribution in [3.8, 4) is 0 Å². The lowest BCUT2D eigenvalue weighted by molar-refractivity contribution is -0.125. The number of nitrogens with zero attached hydrogens (tertiary/aromatic N) is 2. The molecule has 2 aromatic carbocycles. The summed E-state index contributed by atoms with van der Waals surface area (Å²) in [5.41, 5.74) is 1.93. The Morgan fingerprint density at radius 1 is 1.26 bits per heavy atom. The predicted octanol–water partition coefficient (Wildman–Crippen LogP) is 4.59. The number of carbonyl (C=O) groups is 1. The molecule has 2 unspecified atom stereocenters. The number of epoxide rings is 1. The van der Waals surface area contributed by atoms with Crippen molar-refractivity contribution in [3.63, 3.8) is 0 Å². The fourth-order valence-corrected chi connectivity index (χ4v) is 6.20. The fourth-order valence-electron chi connectivity index (χ4n) is 4.20. The Labute approximate surface area is 203 Å². The summed E-state index contributed by atoms with van der Waals surface area (Å²) in [5, 5.41) is 0. The van der Waals surface area contributed by atoms with Crippen molar-refractivity contribution >= 4 is 43.2 Å². The maximum atomic E-state index is 12.9. The van der Waals surface area contributed by atoms with Gasteiger partial charge in [0.05, 0.1) is 23.2 Å². The van der Waals surface area contributed by atoms with E-state index in [9.17, 15) is 26.4 Å². The number of allylic oxidation sites excluding steroid dienone is 1. The Kier molecular flexibility index (Phi) is 5.85. The number of ether oxygens (including phenoxy) is 1. The fraction of sp³-hybridized carbons (Fsp3) is 0.304. The number of amides is 1. The van der Waals surface area contributed by atoms with Gasteiger partial charge in [-0.15, -0.1) is 11.3 Å². The number of nitrogens with one attached hydrogen (secondary N) is 1.